The van der Waals surface area contributed by atoms with E-state index in [0.717, 1.165) is 11.8 Å². The number of hydrogen-bond donors (Lipinski definition) is 1. The number of halogens is 1. The molecular formula is C13H16FNO3S2. The Labute approximate surface area is 122 Å². The van der Waals surface area contributed by atoms with Crippen molar-refractivity contribution in [1.29, 1.82) is 0 Å². The SMILES string of the molecule is C[C@H](Sc1ccccc1F)C(=O)N[C@@H]1CCS(=O)(=O)C1. The van der Waals surface area contributed by atoms with Crippen LogP contribution in [-0.2, 0) is 14.6 Å². The van der Waals surface area contributed by atoms with Crippen LogP contribution in [0.25, 0.3) is 0 Å². The Morgan fingerprint density at radius 1 is 1.45 bits per heavy atom. The van der Waals surface area contributed by atoms with Crippen LogP contribution in [0.5, 0.6) is 0 Å². The maximum absolute atomic E-state index is 13.5. The summed E-state index contributed by atoms with van der Waals surface area (Å²) in [4.78, 5) is 12.4. The fourth-order valence-corrected chi connectivity index (χ4v) is 4.58. The van der Waals surface area contributed by atoms with Gasteiger partial charge in [-0.25, -0.2) is 12.8 Å². The van der Waals surface area contributed by atoms with Gasteiger partial charge in [-0.2, -0.15) is 0 Å². The van der Waals surface area contributed by atoms with Gasteiger partial charge in [0.25, 0.3) is 0 Å². The molecule has 0 spiro atoms. The molecule has 1 fully saturated rings. The highest BCUT2D eigenvalue weighted by Crippen LogP contribution is 2.26. The molecule has 1 aliphatic rings. The Balaban J connectivity index is 1.91. The number of sulfone groups is 1. The van der Waals surface area contributed by atoms with E-state index in [-0.39, 0.29) is 29.3 Å². The molecule has 1 aromatic rings. The summed E-state index contributed by atoms with van der Waals surface area (Å²) in [6, 6.07) is 5.93. The molecule has 2 rings (SSSR count). The highest BCUT2D eigenvalue weighted by atomic mass is 32.2. The predicted molar refractivity (Wildman–Crippen MR) is 76.9 cm³/mol. The van der Waals surface area contributed by atoms with Crippen LogP contribution in [-0.4, -0.2) is 37.1 Å². The number of carbonyl (C=O) groups is 1. The lowest BCUT2D eigenvalue weighted by Gasteiger charge is -2.15. The van der Waals surface area contributed by atoms with Gasteiger partial charge in [0.2, 0.25) is 5.91 Å². The molecule has 0 aliphatic carbocycles. The summed E-state index contributed by atoms with van der Waals surface area (Å²) in [5, 5.41) is 2.24. The molecule has 20 heavy (non-hydrogen) atoms. The lowest BCUT2D eigenvalue weighted by atomic mass is 10.2. The van der Waals surface area contributed by atoms with E-state index < -0.39 is 15.1 Å². The smallest absolute Gasteiger partial charge is 0.233 e. The zero-order chi connectivity index (χ0) is 14.8. The average Bonchev–Trinajstić information content (AvgIpc) is 2.71. The number of amides is 1. The molecule has 0 saturated carbocycles. The van der Waals surface area contributed by atoms with Crippen molar-refractivity contribution < 1.29 is 17.6 Å². The number of carbonyl (C=O) groups excluding carboxylic acids is 1. The summed E-state index contributed by atoms with van der Waals surface area (Å²) in [5.41, 5.74) is 0. The van der Waals surface area contributed by atoms with Crippen LogP contribution in [0.3, 0.4) is 0 Å². The van der Waals surface area contributed by atoms with Crippen molar-refractivity contribution in [3.8, 4) is 0 Å². The molecule has 1 aliphatic heterocycles. The number of hydrogen-bond acceptors (Lipinski definition) is 4. The highest BCUT2D eigenvalue weighted by molar-refractivity contribution is 8.00. The molecule has 0 aromatic heterocycles. The number of thioether (sulfide) groups is 1. The average molecular weight is 317 g/mol. The first kappa shape index (κ1) is 15.3. The van der Waals surface area contributed by atoms with Crippen LogP contribution in [0.2, 0.25) is 0 Å². The molecule has 1 saturated heterocycles. The van der Waals surface area contributed by atoms with Crippen LogP contribution in [0.4, 0.5) is 4.39 Å². The fraction of sp³-hybridized carbons (Fsp3) is 0.462. The monoisotopic (exact) mass is 317 g/mol. The van der Waals surface area contributed by atoms with Gasteiger partial charge in [0, 0.05) is 10.9 Å². The number of nitrogens with one attached hydrogen (secondary N) is 1. The second-order valence-corrected chi connectivity index (χ2v) is 8.41. The van der Waals surface area contributed by atoms with E-state index >= 15 is 0 Å². The van der Waals surface area contributed by atoms with Crippen molar-refractivity contribution >= 4 is 27.5 Å². The molecule has 4 nitrogen and oxygen atoms in total. The Morgan fingerprint density at radius 3 is 2.75 bits per heavy atom. The maximum atomic E-state index is 13.5. The summed E-state index contributed by atoms with van der Waals surface area (Å²) in [6.45, 7) is 1.68. The molecule has 1 aromatic carbocycles. The lowest BCUT2D eigenvalue weighted by Crippen LogP contribution is -2.39. The third-order valence-corrected chi connectivity index (χ3v) is 6.01. The molecule has 110 valence electrons. The molecule has 7 heteroatoms. The van der Waals surface area contributed by atoms with Gasteiger partial charge < -0.3 is 5.32 Å². The zero-order valence-corrected chi connectivity index (χ0v) is 12.6. The van der Waals surface area contributed by atoms with E-state index in [0.29, 0.717) is 11.3 Å². The Bertz CT molecular complexity index is 603. The van der Waals surface area contributed by atoms with E-state index in [2.05, 4.69) is 5.32 Å². The van der Waals surface area contributed by atoms with Crippen molar-refractivity contribution in [3.63, 3.8) is 0 Å². The van der Waals surface area contributed by atoms with Gasteiger partial charge in [-0.3, -0.25) is 4.79 Å². The first-order chi connectivity index (χ1) is 9.37. The van der Waals surface area contributed by atoms with Crippen molar-refractivity contribution in [3.05, 3.63) is 30.1 Å². The van der Waals surface area contributed by atoms with Crippen LogP contribution >= 0.6 is 11.8 Å². The van der Waals surface area contributed by atoms with Gasteiger partial charge in [0.1, 0.15) is 5.82 Å². The minimum absolute atomic E-state index is 0.00414. The maximum Gasteiger partial charge on any atom is 0.233 e. The molecule has 0 unspecified atom stereocenters. The molecule has 0 radical (unpaired) electrons. The molecule has 0 bridgehead atoms. The third kappa shape index (κ3) is 3.96. The van der Waals surface area contributed by atoms with Gasteiger partial charge >= 0.3 is 0 Å². The van der Waals surface area contributed by atoms with Gasteiger partial charge in [0.05, 0.1) is 16.8 Å². The first-order valence-corrected chi connectivity index (χ1v) is 8.99. The first-order valence-electron chi connectivity index (χ1n) is 6.29. The van der Waals surface area contributed by atoms with Crippen LogP contribution in [0, 0.1) is 5.82 Å². The number of rotatable bonds is 4. The quantitative estimate of drug-likeness (QED) is 0.857. The van der Waals surface area contributed by atoms with Crippen LogP contribution < -0.4 is 5.32 Å². The summed E-state index contributed by atoms with van der Waals surface area (Å²) < 4.78 is 36.1. The van der Waals surface area contributed by atoms with Crippen LogP contribution in [0.1, 0.15) is 13.3 Å². The van der Waals surface area contributed by atoms with Gasteiger partial charge in [-0.1, -0.05) is 12.1 Å². The molecule has 1 amide bonds. The fourth-order valence-electron chi connectivity index (χ4n) is 2.01. The zero-order valence-electron chi connectivity index (χ0n) is 11.0. The summed E-state index contributed by atoms with van der Waals surface area (Å²) in [7, 11) is -3.01. The van der Waals surface area contributed by atoms with E-state index in [1.165, 1.54) is 6.07 Å². The second kappa shape index (κ2) is 6.13. The third-order valence-electron chi connectivity index (χ3n) is 3.09. The Kier molecular flexibility index (Phi) is 4.70. The van der Waals surface area contributed by atoms with E-state index in [4.69, 9.17) is 0 Å². The molecule has 1 heterocycles. The standard InChI is InChI=1S/C13H16FNO3S2/c1-9(19-12-5-3-2-4-11(12)14)13(16)15-10-6-7-20(17,18)8-10/h2-5,9-10H,6-8H2,1H3,(H,15,16)/t9-,10+/m0/s1. The second-order valence-electron chi connectivity index (χ2n) is 4.80. The molecular weight excluding hydrogens is 301 g/mol. The normalized spacial score (nSPS) is 22.4. The van der Waals surface area contributed by atoms with Crippen molar-refractivity contribution in [2.75, 3.05) is 11.5 Å². The summed E-state index contributed by atoms with van der Waals surface area (Å²) in [6.07, 6.45) is 0.450. The number of benzene rings is 1. The van der Waals surface area contributed by atoms with Crippen LogP contribution in [0.15, 0.2) is 29.2 Å². The molecule has 2 atom stereocenters. The predicted octanol–water partition coefficient (Wildman–Crippen LogP) is 1.61. The Morgan fingerprint density at radius 2 is 2.15 bits per heavy atom. The van der Waals surface area contributed by atoms with Gasteiger partial charge in [-0.15, -0.1) is 11.8 Å². The molecule has 1 N–H and O–H groups in total. The highest BCUT2D eigenvalue weighted by Gasteiger charge is 2.30. The van der Waals surface area contributed by atoms with Crippen molar-refractivity contribution in [2.24, 2.45) is 0 Å². The van der Waals surface area contributed by atoms with Crippen molar-refractivity contribution in [2.45, 2.75) is 29.5 Å². The largest absolute Gasteiger partial charge is 0.351 e. The van der Waals surface area contributed by atoms with E-state index in [1.54, 1.807) is 25.1 Å². The van der Waals surface area contributed by atoms with Crippen molar-refractivity contribution in [1.82, 2.24) is 5.32 Å². The topological polar surface area (TPSA) is 63.2 Å². The minimum atomic E-state index is -3.01. The summed E-state index contributed by atoms with van der Waals surface area (Å²) in [5.74, 6) is -0.510. The summed E-state index contributed by atoms with van der Waals surface area (Å²) >= 11 is 1.13. The van der Waals surface area contributed by atoms with Gasteiger partial charge in [0.15, 0.2) is 9.84 Å². The van der Waals surface area contributed by atoms with Gasteiger partial charge in [-0.05, 0) is 25.5 Å². The van der Waals surface area contributed by atoms with E-state index in [1.807, 2.05) is 0 Å². The lowest BCUT2D eigenvalue weighted by molar-refractivity contribution is -0.120. The Hall–Kier alpha value is -1.08. The minimum Gasteiger partial charge on any atom is -0.351 e. The van der Waals surface area contributed by atoms with E-state index in [9.17, 15) is 17.6 Å².